The van der Waals surface area contributed by atoms with Gasteiger partial charge in [0.1, 0.15) is 11.3 Å². The number of nitrogens with zero attached hydrogens (tertiary/aromatic N) is 3. The SMILES string of the molecule is COc1cccc2sc(N(Cc3ccccn3)C(=O)CCCS(=O)(=O)c3ccc(C)cc3)nc12. The molecular weight excluding hydrogens is 470 g/mol. The van der Waals surface area contributed by atoms with Gasteiger partial charge in [-0.2, -0.15) is 0 Å². The highest BCUT2D eigenvalue weighted by atomic mass is 32.2. The number of methoxy groups -OCH3 is 1. The van der Waals surface area contributed by atoms with Crippen LogP contribution in [0.15, 0.2) is 71.8 Å². The van der Waals surface area contributed by atoms with Crippen molar-refractivity contribution in [2.45, 2.75) is 31.2 Å². The van der Waals surface area contributed by atoms with Crippen molar-refractivity contribution in [1.29, 1.82) is 0 Å². The minimum atomic E-state index is -3.46. The third kappa shape index (κ3) is 5.43. The molecule has 0 saturated heterocycles. The van der Waals surface area contributed by atoms with Gasteiger partial charge < -0.3 is 4.74 Å². The molecule has 9 heteroatoms. The van der Waals surface area contributed by atoms with Crippen LogP contribution >= 0.6 is 11.3 Å². The summed E-state index contributed by atoms with van der Waals surface area (Å²) in [5, 5.41) is 0.525. The van der Waals surface area contributed by atoms with E-state index < -0.39 is 9.84 Å². The van der Waals surface area contributed by atoms with Crippen molar-refractivity contribution in [1.82, 2.24) is 9.97 Å². The van der Waals surface area contributed by atoms with Gasteiger partial charge in [0.05, 0.1) is 34.7 Å². The second kappa shape index (κ2) is 10.3. The molecule has 34 heavy (non-hydrogen) atoms. The molecule has 176 valence electrons. The van der Waals surface area contributed by atoms with Crippen LogP contribution in [0, 0.1) is 6.92 Å². The fourth-order valence-electron chi connectivity index (χ4n) is 3.52. The normalized spacial score (nSPS) is 11.5. The van der Waals surface area contributed by atoms with E-state index in [0.29, 0.717) is 22.1 Å². The van der Waals surface area contributed by atoms with Gasteiger partial charge >= 0.3 is 0 Å². The van der Waals surface area contributed by atoms with Gasteiger partial charge in [-0.3, -0.25) is 14.7 Å². The van der Waals surface area contributed by atoms with Crippen LogP contribution in [0.3, 0.4) is 0 Å². The number of sulfone groups is 1. The Morgan fingerprint density at radius 3 is 2.56 bits per heavy atom. The monoisotopic (exact) mass is 495 g/mol. The summed E-state index contributed by atoms with van der Waals surface area (Å²) >= 11 is 1.39. The average Bonchev–Trinajstić information content (AvgIpc) is 3.27. The predicted octanol–water partition coefficient (Wildman–Crippen LogP) is 4.80. The highest BCUT2D eigenvalue weighted by Crippen LogP contribution is 2.35. The van der Waals surface area contributed by atoms with Gasteiger partial charge in [-0.05, 0) is 49.7 Å². The van der Waals surface area contributed by atoms with Crippen LogP contribution in [0.5, 0.6) is 5.75 Å². The molecule has 0 aliphatic heterocycles. The van der Waals surface area contributed by atoms with Crippen LogP contribution in [0.2, 0.25) is 0 Å². The summed E-state index contributed by atoms with van der Waals surface area (Å²) in [5.74, 6) is 0.324. The Hall–Kier alpha value is -3.30. The van der Waals surface area contributed by atoms with Gasteiger partial charge in [0, 0.05) is 12.6 Å². The van der Waals surface area contributed by atoms with Gasteiger partial charge in [0.25, 0.3) is 0 Å². The molecule has 2 aromatic carbocycles. The number of rotatable bonds is 9. The number of hydrogen-bond acceptors (Lipinski definition) is 7. The fourth-order valence-corrected chi connectivity index (χ4v) is 5.83. The van der Waals surface area contributed by atoms with E-state index in [2.05, 4.69) is 9.97 Å². The minimum Gasteiger partial charge on any atom is -0.494 e. The molecule has 0 unspecified atom stereocenters. The summed E-state index contributed by atoms with van der Waals surface area (Å²) in [4.78, 5) is 24.1. The molecule has 2 aromatic heterocycles. The first kappa shape index (κ1) is 23.8. The first-order chi connectivity index (χ1) is 16.4. The van der Waals surface area contributed by atoms with Gasteiger partial charge in [-0.25, -0.2) is 13.4 Å². The van der Waals surface area contributed by atoms with E-state index in [1.165, 1.54) is 11.3 Å². The largest absolute Gasteiger partial charge is 0.494 e. The molecule has 0 radical (unpaired) electrons. The molecule has 4 aromatic rings. The van der Waals surface area contributed by atoms with Crippen LogP contribution < -0.4 is 9.64 Å². The molecule has 2 heterocycles. The molecule has 0 N–H and O–H groups in total. The van der Waals surface area contributed by atoms with E-state index in [9.17, 15) is 13.2 Å². The lowest BCUT2D eigenvalue weighted by Gasteiger charge is -2.19. The summed E-state index contributed by atoms with van der Waals surface area (Å²) in [7, 11) is -1.88. The lowest BCUT2D eigenvalue weighted by Crippen LogP contribution is -2.30. The maximum Gasteiger partial charge on any atom is 0.229 e. The number of para-hydroxylation sites is 1. The summed E-state index contributed by atoms with van der Waals surface area (Å²) in [6, 6.07) is 17.9. The third-order valence-corrected chi connectivity index (χ3v) is 8.21. The minimum absolute atomic E-state index is 0.0744. The van der Waals surface area contributed by atoms with E-state index in [1.807, 2.05) is 43.3 Å². The van der Waals surface area contributed by atoms with Crippen molar-refractivity contribution >= 4 is 42.4 Å². The summed E-state index contributed by atoms with van der Waals surface area (Å²) < 4.78 is 31.7. The lowest BCUT2D eigenvalue weighted by molar-refractivity contribution is -0.118. The van der Waals surface area contributed by atoms with Gasteiger partial charge in [0.2, 0.25) is 5.91 Å². The van der Waals surface area contributed by atoms with Crippen LogP contribution in [0.4, 0.5) is 5.13 Å². The number of pyridine rings is 1. The fraction of sp³-hybridized carbons (Fsp3) is 0.240. The summed E-state index contributed by atoms with van der Waals surface area (Å²) in [6.07, 6.45) is 1.96. The van der Waals surface area contributed by atoms with Crippen molar-refractivity contribution in [3.63, 3.8) is 0 Å². The Balaban J connectivity index is 1.54. The molecule has 0 spiro atoms. The number of hydrogen-bond donors (Lipinski definition) is 0. The molecule has 7 nitrogen and oxygen atoms in total. The molecular formula is C25H25N3O4S2. The average molecular weight is 496 g/mol. The maximum atomic E-state index is 13.3. The third-order valence-electron chi connectivity index (χ3n) is 5.35. The van der Waals surface area contributed by atoms with Crippen molar-refractivity contribution in [3.8, 4) is 5.75 Å². The van der Waals surface area contributed by atoms with Crippen molar-refractivity contribution in [2.24, 2.45) is 0 Å². The maximum absolute atomic E-state index is 13.3. The number of aromatic nitrogens is 2. The number of carbonyl (C=O) groups excluding carboxylic acids is 1. The molecule has 1 amide bonds. The van der Waals surface area contributed by atoms with Crippen molar-refractivity contribution in [3.05, 3.63) is 78.1 Å². The van der Waals surface area contributed by atoms with E-state index in [1.54, 1.807) is 42.5 Å². The Kier molecular flexibility index (Phi) is 7.23. The predicted molar refractivity (Wildman–Crippen MR) is 134 cm³/mol. The van der Waals surface area contributed by atoms with Crippen molar-refractivity contribution < 1.29 is 17.9 Å². The molecule has 0 aliphatic carbocycles. The second-order valence-electron chi connectivity index (χ2n) is 7.84. The first-order valence-electron chi connectivity index (χ1n) is 10.8. The molecule has 0 fully saturated rings. The Morgan fingerprint density at radius 1 is 1.06 bits per heavy atom. The summed E-state index contributed by atoms with van der Waals surface area (Å²) in [6.45, 7) is 2.15. The van der Waals surface area contributed by atoms with Crippen molar-refractivity contribution in [2.75, 3.05) is 17.8 Å². The van der Waals surface area contributed by atoms with Crippen LogP contribution in [0.25, 0.3) is 10.2 Å². The zero-order valence-electron chi connectivity index (χ0n) is 19.0. The number of benzene rings is 2. The number of fused-ring (bicyclic) bond motifs is 1. The number of thiazole rings is 1. The summed E-state index contributed by atoms with van der Waals surface area (Å²) in [5.41, 5.74) is 2.40. The number of anilines is 1. The highest BCUT2D eigenvalue weighted by Gasteiger charge is 2.23. The lowest BCUT2D eigenvalue weighted by atomic mass is 10.2. The van der Waals surface area contributed by atoms with Crippen LogP contribution in [0.1, 0.15) is 24.1 Å². The molecule has 0 bridgehead atoms. The van der Waals surface area contributed by atoms with E-state index in [0.717, 1.165) is 10.3 Å². The number of ether oxygens (including phenoxy) is 1. The molecule has 0 atom stereocenters. The van der Waals surface area contributed by atoms with Crippen LogP contribution in [-0.4, -0.2) is 37.2 Å². The van der Waals surface area contributed by atoms with E-state index in [4.69, 9.17) is 4.74 Å². The topological polar surface area (TPSA) is 89.5 Å². The van der Waals surface area contributed by atoms with E-state index >= 15 is 0 Å². The highest BCUT2D eigenvalue weighted by molar-refractivity contribution is 7.91. The van der Waals surface area contributed by atoms with Gasteiger partial charge in [-0.15, -0.1) is 0 Å². The van der Waals surface area contributed by atoms with Gasteiger partial charge in [0.15, 0.2) is 15.0 Å². The second-order valence-corrected chi connectivity index (χ2v) is 11.0. The Morgan fingerprint density at radius 2 is 1.85 bits per heavy atom. The zero-order valence-corrected chi connectivity index (χ0v) is 20.6. The van der Waals surface area contributed by atoms with Crippen LogP contribution in [-0.2, 0) is 21.2 Å². The zero-order chi connectivity index (χ0) is 24.1. The Bertz CT molecular complexity index is 1380. The number of carbonyl (C=O) groups is 1. The quantitative estimate of drug-likeness (QED) is 0.332. The Labute approximate surface area is 203 Å². The molecule has 0 saturated carbocycles. The number of amides is 1. The standard InChI is InChI=1S/C25H25N3O4S2/c1-18-11-13-20(14-12-18)34(30,31)16-6-10-23(29)28(17-19-7-3-4-15-26-19)25-27-24-21(32-2)8-5-9-22(24)33-25/h3-5,7-9,11-15H,6,10,16-17H2,1-2H3. The molecule has 0 aliphatic rings. The molecule has 4 rings (SSSR count). The smallest absolute Gasteiger partial charge is 0.229 e. The van der Waals surface area contributed by atoms with Gasteiger partial charge in [-0.1, -0.05) is 41.2 Å². The first-order valence-corrected chi connectivity index (χ1v) is 13.3. The van der Waals surface area contributed by atoms with E-state index in [-0.39, 0.29) is 35.9 Å². The number of aryl methyl sites for hydroxylation is 1.